The zero-order valence-corrected chi connectivity index (χ0v) is 66.5. The zero-order chi connectivity index (χ0) is 70.7. The maximum absolute atomic E-state index is 11.1. The third-order valence-corrected chi connectivity index (χ3v) is 18.6. The second kappa shape index (κ2) is 65.2. The van der Waals surface area contributed by atoms with Crippen molar-refractivity contribution in [2.75, 3.05) is 0 Å². The number of allylic oxidation sites excluding steroid dienone is 14. The van der Waals surface area contributed by atoms with Gasteiger partial charge in [0.05, 0.1) is 0 Å². The van der Waals surface area contributed by atoms with Crippen LogP contribution in [0.4, 0.5) is 0 Å². The van der Waals surface area contributed by atoms with Crippen molar-refractivity contribution < 1.29 is 19.2 Å². The first kappa shape index (κ1) is 95.3. The van der Waals surface area contributed by atoms with Gasteiger partial charge in [-0.15, -0.1) is 0 Å². The fourth-order valence-electron chi connectivity index (χ4n) is 12.2. The number of rotatable bonds is 53. The molecule has 0 amide bonds. The van der Waals surface area contributed by atoms with E-state index in [4.69, 9.17) is 0 Å². The summed E-state index contributed by atoms with van der Waals surface area (Å²) >= 11 is 0. The van der Waals surface area contributed by atoms with Crippen molar-refractivity contribution in [3.8, 4) is 0 Å². The van der Waals surface area contributed by atoms with Gasteiger partial charge in [0.1, 0.15) is 11.6 Å². The molecule has 0 aliphatic heterocycles. The van der Waals surface area contributed by atoms with Gasteiger partial charge in [0.15, 0.2) is 11.6 Å². The van der Waals surface area contributed by atoms with Gasteiger partial charge in [-0.2, -0.15) is 0 Å². The lowest BCUT2D eigenvalue weighted by Gasteiger charge is -2.16. The number of Topliss-reactive ketones (excluding diaryl/α,β-unsaturated/α-hetero) is 2. The minimum Gasteiger partial charge on any atom is -0.300 e. The van der Waals surface area contributed by atoms with Crippen LogP contribution < -0.4 is 0 Å². The number of hydrogen-bond donors (Lipinski definition) is 0. The smallest absolute Gasteiger partial charge is 0.152 e. The van der Waals surface area contributed by atoms with Crippen molar-refractivity contribution in [2.24, 2.45) is 59.2 Å². The fourth-order valence-corrected chi connectivity index (χ4v) is 12.2. The van der Waals surface area contributed by atoms with Gasteiger partial charge in [-0.1, -0.05) is 288 Å². The first-order valence-electron chi connectivity index (χ1n) is 38.8. The maximum atomic E-state index is 11.1. The predicted molar refractivity (Wildman–Crippen MR) is 415 cm³/mol. The summed E-state index contributed by atoms with van der Waals surface area (Å²) in [4.78, 5) is 43.8. The predicted octanol–water partition coefficient (Wildman–Crippen LogP) is 29.0. The van der Waals surface area contributed by atoms with Crippen LogP contribution in [0.5, 0.6) is 0 Å². The van der Waals surface area contributed by atoms with Crippen LogP contribution in [0.25, 0.3) is 0 Å². The molecule has 0 rings (SSSR count). The molecule has 0 saturated carbocycles. The monoisotopic (exact) mass is 1280 g/mol. The highest BCUT2D eigenvalue weighted by molar-refractivity contribution is 5.88. The number of carbonyl (C=O) groups excluding carboxylic acids is 4. The number of carbonyl (C=O) groups is 4. The summed E-state index contributed by atoms with van der Waals surface area (Å²) in [7, 11) is 0. The molecule has 0 aromatic heterocycles. The lowest BCUT2D eigenvalue weighted by molar-refractivity contribution is -0.118. The van der Waals surface area contributed by atoms with Crippen molar-refractivity contribution >= 4 is 23.1 Å². The molecule has 8 unspecified atom stereocenters. The fraction of sp³-hybridized carbons (Fsp3) is 0.795. The molecule has 0 aromatic rings. The number of ketones is 4. The molecule has 0 radical (unpaired) electrons. The molecule has 0 bridgehead atoms. The van der Waals surface area contributed by atoms with E-state index in [0.717, 1.165) is 98.2 Å². The Morgan fingerprint density at radius 3 is 0.880 bits per heavy atom. The third kappa shape index (κ3) is 81.1. The molecule has 0 aliphatic rings. The molecule has 92 heavy (non-hydrogen) atoms. The first-order chi connectivity index (χ1) is 43.2. The van der Waals surface area contributed by atoms with Gasteiger partial charge >= 0.3 is 0 Å². The minimum atomic E-state index is 0.102. The summed E-state index contributed by atoms with van der Waals surface area (Å²) in [6.07, 6.45) is 62.3. The summed E-state index contributed by atoms with van der Waals surface area (Å²) in [5.74, 6) is 9.23. The Labute approximate surface area is 577 Å². The third-order valence-electron chi connectivity index (χ3n) is 18.6. The molecule has 0 saturated heterocycles. The molecule has 0 aromatic carbocycles. The molecule has 4 heteroatoms. The lowest BCUT2D eigenvalue weighted by Crippen LogP contribution is -2.03. The highest BCUT2D eigenvalue weighted by atomic mass is 16.1. The Morgan fingerprint density at radius 2 is 0.576 bits per heavy atom. The number of hydrogen-bond acceptors (Lipinski definition) is 4. The molecule has 8 atom stereocenters. The van der Waals surface area contributed by atoms with E-state index in [1.54, 1.807) is 39.8 Å². The molecule has 538 valence electrons. The maximum Gasteiger partial charge on any atom is 0.152 e. The van der Waals surface area contributed by atoms with Crippen LogP contribution in [0.15, 0.2) is 82.0 Å². The van der Waals surface area contributed by atoms with E-state index in [9.17, 15) is 19.2 Å². The van der Waals surface area contributed by atoms with E-state index in [1.165, 1.54) is 220 Å². The molecular weight excluding hydrogens is 1120 g/mol. The molecule has 4 nitrogen and oxygen atoms in total. The standard InChI is InChI=1S/C23H46O.C23H38O.C21H42O.C21H36O/c2*1-19(2)11-7-12-20(3)13-8-14-21(4)15-9-16-22(5)17-10-18-23(6)24;2*1-17(2)10-7-11-18(3)12-8-13-19(4)14-9-15-20(5)16-21(6)22/h19-22H,7-18H2,1-6H3;10-11,15,17-18,20H,7-9,12-14,16H2,1-6H3;17-20H,7-16H2,1-6H3;10,14,16,18H,7-9,11-13,15H2,1-6H3. The quantitative estimate of drug-likeness (QED) is 0.0346. The Balaban J connectivity index is -0.000000562. The molecule has 0 heterocycles. The molecular formula is C88H162O4. The van der Waals surface area contributed by atoms with Crippen molar-refractivity contribution in [1.29, 1.82) is 0 Å². The van der Waals surface area contributed by atoms with Gasteiger partial charge in [-0.05, 0) is 238 Å². The first-order valence-corrected chi connectivity index (χ1v) is 38.8. The van der Waals surface area contributed by atoms with Gasteiger partial charge in [-0.3, -0.25) is 9.59 Å². The molecule has 0 aliphatic carbocycles. The van der Waals surface area contributed by atoms with Gasteiger partial charge in [0, 0.05) is 12.8 Å². The Morgan fingerprint density at radius 1 is 0.272 bits per heavy atom. The summed E-state index contributed by atoms with van der Waals surface area (Å²) < 4.78 is 0. The van der Waals surface area contributed by atoms with Crippen molar-refractivity contribution in [3.63, 3.8) is 0 Å². The van der Waals surface area contributed by atoms with Crippen LogP contribution in [-0.4, -0.2) is 23.1 Å². The summed E-state index contributed by atoms with van der Waals surface area (Å²) in [6, 6.07) is 0. The highest BCUT2D eigenvalue weighted by Gasteiger charge is 2.12. The van der Waals surface area contributed by atoms with E-state index in [2.05, 4.69) is 156 Å². The Kier molecular flexibility index (Phi) is 67.5. The lowest BCUT2D eigenvalue weighted by atomic mass is 9.90. The summed E-state index contributed by atoms with van der Waals surface area (Å²) in [6.45, 7) is 52.3. The van der Waals surface area contributed by atoms with Crippen LogP contribution in [0.2, 0.25) is 0 Å². The highest BCUT2D eigenvalue weighted by Crippen LogP contribution is 2.26. The van der Waals surface area contributed by atoms with Gasteiger partial charge in [0.25, 0.3) is 0 Å². The van der Waals surface area contributed by atoms with Crippen LogP contribution in [0.3, 0.4) is 0 Å². The summed E-state index contributed by atoms with van der Waals surface area (Å²) in [5, 5.41) is 0. The zero-order valence-electron chi connectivity index (χ0n) is 66.5. The SMILES string of the molecule is CC(=O)C=C(C)CCC=C(C)CCCC(C)CCC=C(C)C.CC(=O)C=CC=C(C)CCC=C(C)CCCC(C)CCC=C(C)C.CC(=O)CC(C)CCCC(C)CCCC(C)CCCC(C)C.CC(=O)CCCC(C)CCCC(C)CCCC(C)CCCC(C)C. The molecule has 0 N–H and O–H groups in total. The average molecular weight is 1280 g/mol. The van der Waals surface area contributed by atoms with Crippen LogP contribution in [-0.2, 0) is 19.2 Å². The molecule has 0 fully saturated rings. The van der Waals surface area contributed by atoms with E-state index in [0.29, 0.717) is 17.5 Å². The normalized spacial score (nSPS) is 14.8. The van der Waals surface area contributed by atoms with E-state index in [-0.39, 0.29) is 11.6 Å². The largest absolute Gasteiger partial charge is 0.300 e. The van der Waals surface area contributed by atoms with Gasteiger partial charge < -0.3 is 9.59 Å². The van der Waals surface area contributed by atoms with Crippen molar-refractivity contribution in [1.82, 2.24) is 0 Å². The van der Waals surface area contributed by atoms with Gasteiger partial charge in [-0.25, -0.2) is 0 Å². The molecule has 0 spiro atoms. The van der Waals surface area contributed by atoms with Crippen molar-refractivity contribution in [3.05, 3.63) is 82.0 Å². The minimum absolute atomic E-state index is 0.102. The van der Waals surface area contributed by atoms with Crippen molar-refractivity contribution in [2.45, 2.75) is 397 Å². The summed E-state index contributed by atoms with van der Waals surface area (Å²) in [5.41, 5.74) is 8.38. The average Bonchev–Trinajstić information content (AvgIpc) is 3.66. The van der Waals surface area contributed by atoms with Gasteiger partial charge in [0.2, 0.25) is 0 Å². The van der Waals surface area contributed by atoms with Crippen LogP contribution in [0.1, 0.15) is 397 Å². The Bertz CT molecular complexity index is 2000. The second-order valence-electron chi connectivity index (χ2n) is 32.0. The topological polar surface area (TPSA) is 68.3 Å². The van der Waals surface area contributed by atoms with Crippen LogP contribution >= 0.6 is 0 Å². The van der Waals surface area contributed by atoms with Crippen LogP contribution in [0, 0.1) is 59.2 Å². The van der Waals surface area contributed by atoms with E-state index in [1.807, 2.05) is 19.1 Å². The van der Waals surface area contributed by atoms with E-state index >= 15 is 0 Å². The second-order valence-corrected chi connectivity index (χ2v) is 32.0. The Hall–Kier alpha value is -3.14. The van der Waals surface area contributed by atoms with E-state index < -0.39 is 0 Å².